The van der Waals surface area contributed by atoms with Gasteiger partial charge in [0.2, 0.25) is 0 Å². The minimum Gasteiger partial charge on any atom is -0.478 e. The zero-order valence-corrected chi connectivity index (χ0v) is 17.1. The van der Waals surface area contributed by atoms with E-state index in [2.05, 4.69) is 36.1 Å². The Morgan fingerprint density at radius 2 is 1.80 bits per heavy atom. The van der Waals surface area contributed by atoms with Crippen LogP contribution in [0.3, 0.4) is 0 Å². The number of nitrogens with zero attached hydrogens (tertiary/aromatic N) is 1. The highest BCUT2D eigenvalue weighted by Crippen LogP contribution is 2.65. The van der Waals surface area contributed by atoms with Gasteiger partial charge in [0.15, 0.2) is 17.8 Å². The van der Waals surface area contributed by atoms with Crippen LogP contribution in [0.2, 0.25) is 0 Å². The molecule has 0 saturated carbocycles. The van der Waals surface area contributed by atoms with Crippen molar-refractivity contribution in [2.75, 3.05) is 6.54 Å². The first-order chi connectivity index (χ1) is 14.6. The number of carbonyl (C=O) groups excluding carboxylic acids is 2. The number of ketones is 2. The van der Waals surface area contributed by atoms with Crippen LogP contribution >= 0.6 is 0 Å². The van der Waals surface area contributed by atoms with Gasteiger partial charge in [-0.25, -0.2) is 0 Å². The van der Waals surface area contributed by atoms with Gasteiger partial charge in [0, 0.05) is 41.4 Å². The normalized spacial score (nSPS) is 31.8. The zero-order chi connectivity index (χ0) is 20.5. The SMILES string of the molecule is CC12CC3c4ccccc4C1C(OC1=C2C(=O)CCC1)N3CC(=O)c1ccccc1. The lowest BCUT2D eigenvalue weighted by Crippen LogP contribution is -2.62. The molecule has 0 amide bonds. The second-order valence-corrected chi connectivity index (χ2v) is 9.29. The summed E-state index contributed by atoms with van der Waals surface area (Å²) in [4.78, 5) is 28.3. The standard InChI is InChI=1S/C26H25NO3/c1-26-14-19-17-10-5-6-11-18(17)23(26)25(30-22-13-7-12-20(28)24(22)26)27(19)15-21(29)16-8-3-2-4-9-16/h2-6,8-11,19,23,25H,7,12-15H2,1H3. The summed E-state index contributed by atoms with van der Waals surface area (Å²) in [6.45, 7) is 2.59. The molecule has 4 nitrogen and oxygen atoms in total. The van der Waals surface area contributed by atoms with Crippen LogP contribution < -0.4 is 0 Å². The first-order valence-corrected chi connectivity index (χ1v) is 10.9. The van der Waals surface area contributed by atoms with Crippen LogP contribution in [-0.2, 0) is 9.53 Å². The van der Waals surface area contributed by atoms with E-state index in [-0.39, 0.29) is 35.2 Å². The van der Waals surface area contributed by atoms with E-state index in [4.69, 9.17) is 4.74 Å². The van der Waals surface area contributed by atoms with Crippen molar-refractivity contribution in [3.63, 3.8) is 0 Å². The number of hydrogen-bond acceptors (Lipinski definition) is 4. The molecule has 1 fully saturated rings. The van der Waals surface area contributed by atoms with Crippen LogP contribution in [0.5, 0.6) is 0 Å². The van der Waals surface area contributed by atoms with E-state index in [1.807, 2.05) is 30.3 Å². The summed E-state index contributed by atoms with van der Waals surface area (Å²) in [5, 5.41) is 0. The van der Waals surface area contributed by atoms with Crippen molar-refractivity contribution < 1.29 is 14.3 Å². The minimum absolute atomic E-state index is 0.0723. The number of carbonyl (C=O) groups is 2. The number of benzene rings is 2. The van der Waals surface area contributed by atoms with Crippen LogP contribution in [0.1, 0.15) is 66.1 Å². The summed E-state index contributed by atoms with van der Waals surface area (Å²) in [7, 11) is 0. The Balaban J connectivity index is 1.46. The molecule has 4 atom stereocenters. The second kappa shape index (κ2) is 6.39. The molecule has 30 heavy (non-hydrogen) atoms. The molecule has 4 unspecified atom stereocenters. The van der Waals surface area contributed by atoms with Crippen LogP contribution in [0, 0.1) is 5.41 Å². The lowest BCUT2D eigenvalue weighted by Gasteiger charge is -2.62. The van der Waals surface area contributed by atoms with Crippen molar-refractivity contribution in [2.45, 2.75) is 50.8 Å². The van der Waals surface area contributed by atoms with Gasteiger partial charge in [-0.05, 0) is 24.0 Å². The lowest BCUT2D eigenvalue weighted by atomic mass is 9.53. The van der Waals surface area contributed by atoms with Gasteiger partial charge in [-0.1, -0.05) is 61.5 Å². The van der Waals surface area contributed by atoms with Gasteiger partial charge < -0.3 is 4.74 Å². The minimum atomic E-state index is -0.221. The smallest absolute Gasteiger partial charge is 0.176 e. The molecule has 1 saturated heterocycles. The van der Waals surface area contributed by atoms with Crippen LogP contribution in [0.25, 0.3) is 0 Å². The van der Waals surface area contributed by atoms with Gasteiger partial charge in [0.05, 0.1) is 6.54 Å². The Hall–Kier alpha value is -2.72. The highest BCUT2D eigenvalue weighted by Gasteiger charge is 2.62. The summed E-state index contributed by atoms with van der Waals surface area (Å²) in [5.74, 6) is 1.33. The van der Waals surface area contributed by atoms with Crippen molar-refractivity contribution in [2.24, 2.45) is 5.41 Å². The number of Topliss-reactive ketones (excluding diaryl/α,β-unsaturated/α-hetero) is 2. The van der Waals surface area contributed by atoms with Gasteiger partial charge >= 0.3 is 0 Å². The fourth-order valence-corrected chi connectivity index (χ4v) is 6.40. The third-order valence-corrected chi connectivity index (χ3v) is 7.63. The summed E-state index contributed by atoms with van der Waals surface area (Å²) in [6, 6.07) is 18.1. The third-order valence-electron chi connectivity index (χ3n) is 7.63. The van der Waals surface area contributed by atoms with Crippen LogP contribution in [0.4, 0.5) is 0 Å². The van der Waals surface area contributed by atoms with Crippen molar-refractivity contribution in [3.05, 3.63) is 82.6 Å². The zero-order valence-electron chi connectivity index (χ0n) is 17.1. The molecule has 3 heterocycles. The van der Waals surface area contributed by atoms with E-state index in [1.54, 1.807) is 0 Å². The molecule has 2 aromatic carbocycles. The average molecular weight is 399 g/mol. The maximum absolute atomic E-state index is 13.1. The summed E-state index contributed by atoms with van der Waals surface area (Å²) >= 11 is 0. The van der Waals surface area contributed by atoms with E-state index in [9.17, 15) is 9.59 Å². The molecule has 5 aliphatic rings. The number of piperidine rings is 1. The maximum atomic E-state index is 13.1. The monoisotopic (exact) mass is 399 g/mol. The highest BCUT2D eigenvalue weighted by atomic mass is 16.5. The largest absolute Gasteiger partial charge is 0.478 e. The molecule has 0 radical (unpaired) electrons. The van der Waals surface area contributed by atoms with Crippen molar-refractivity contribution in [3.8, 4) is 0 Å². The first kappa shape index (κ1) is 18.1. The molecule has 4 heteroatoms. The second-order valence-electron chi connectivity index (χ2n) is 9.29. The third kappa shape index (κ3) is 2.37. The summed E-state index contributed by atoms with van der Waals surface area (Å²) in [5.41, 5.74) is 4.02. The van der Waals surface area contributed by atoms with Gasteiger partial charge in [-0.2, -0.15) is 0 Å². The molecule has 152 valence electrons. The van der Waals surface area contributed by atoms with E-state index < -0.39 is 0 Å². The molecule has 2 aliphatic carbocycles. The van der Waals surface area contributed by atoms with E-state index in [0.29, 0.717) is 13.0 Å². The average Bonchev–Trinajstić information content (AvgIpc) is 2.76. The van der Waals surface area contributed by atoms with E-state index in [0.717, 1.165) is 36.2 Å². The first-order valence-electron chi connectivity index (χ1n) is 10.9. The molecule has 4 bridgehead atoms. The van der Waals surface area contributed by atoms with Crippen molar-refractivity contribution >= 4 is 11.6 Å². The molecule has 0 spiro atoms. The molecule has 3 aliphatic heterocycles. The lowest BCUT2D eigenvalue weighted by molar-refractivity contribution is -0.159. The summed E-state index contributed by atoms with van der Waals surface area (Å²) < 4.78 is 6.57. The molecular weight excluding hydrogens is 374 g/mol. The Kier molecular flexibility index (Phi) is 3.85. The van der Waals surface area contributed by atoms with Gasteiger partial charge in [-0.15, -0.1) is 0 Å². The summed E-state index contributed by atoms with van der Waals surface area (Å²) in [6.07, 6.45) is 2.97. The molecule has 0 aromatic heterocycles. The fraction of sp³-hybridized carbons (Fsp3) is 0.385. The van der Waals surface area contributed by atoms with E-state index in [1.165, 1.54) is 11.1 Å². The Bertz CT molecular complexity index is 1090. The maximum Gasteiger partial charge on any atom is 0.176 e. The quantitative estimate of drug-likeness (QED) is 0.697. The molecule has 2 aromatic rings. The van der Waals surface area contributed by atoms with Crippen molar-refractivity contribution in [1.82, 2.24) is 4.90 Å². The predicted molar refractivity (Wildman–Crippen MR) is 113 cm³/mol. The Morgan fingerprint density at radius 1 is 1.07 bits per heavy atom. The fourth-order valence-electron chi connectivity index (χ4n) is 6.40. The molecular formula is C26H25NO3. The topological polar surface area (TPSA) is 46.6 Å². The van der Waals surface area contributed by atoms with E-state index >= 15 is 0 Å². The van der Waals surface area contributed by atoms with Gasteiger partial charge in [0.25, 0.3) is 0 Å². The van der Waals surface area contributed by atoms with Crippen LogP contribution in [-0.4, -0.2) is 29.2 Å². The number of ether oxygens (including phenoxy) is 1. The van der Waals surface area contributed by atoms with Gasteiger partial charge in [-0.3, -0.25) is 14.5 Å². The molecule has 7 rings (SSSR count). The Labute approximate surface area is 176 Å². The number of hydrogen-bond donors (Lipinski definition) is 0. The van der Waals surface area contributed by atoms with Crippen LogP contribution in [0.15, 0.2) is 65.9 Å². The Morgan fingerprint density at radius 3 is 2.60 bits per heavy atom. The van der Waals surface area contributed by atoms with Gasteiger partial charge in [0.1, 0.15) is 5.76 Å². The number of rotatable bonds is 3. The van der Waals surface area contributed by atoms with Crippen molar-refractivity contribution in [1.29, 1.82) is 0 Å². The highest BCUT2D eigenvalue weighted by molar-refractivity contribution is 5.99. The predicted octanol–water partition coefficient (Wildman–Crippen LogP) is 4.78. The number of allylic oxidation sites excluding steroid dienone is 2. The molecule has 0 N–H and O–H groups in total.